The van der Waals surface area contributed by atoms with E-state index in [0.29, 0.717) is 19.8 Å². The molecule has 130 valence electrons. The monoisotopic (exact) mass is 350 g/mol. The lowest BCUT2D eigenvalue weighted by Gasteiger charge is -2.31. The molecule has 0 N–H and O–H groups in total. The smallest absolute Gasteiger partial charge is 0.260 e. The van der Waals surface area contributed by atoms with Crippen molar-refractivity contribution in [2.45, 2.75) is 11.6 Å². The summed E-state index contributed by atoms with van der Waals surface area (Å²) >= 11 is 0. The van der Waals surface area contributed by atoms with Gasteiger partial charge in [-0.05, 0) is 17.7 Å². The van der Waals surface area contributed by atoms with Gasteiger partial charge in [-0.3, -0.25) is 4.68 Å². The fourth-order valence-electron chi connectivity index (χ4n) is 2.86. The highest BCUT2D eigenvalue weighted by molar-refractivity contribution is 7.89. The number of sulfonamides is 1. The van der Waals surface area contributed by atoms with Crippen molar-refractivity contribution in [3.8, 4) is 0 Å². The van der Waals surface area contributed by atoms with Crippen LogP contribution in [0.4, 0.5) is 5.69 Å². The quantitative estimate of drug-likeness (QED) is 0.807. The SMILES string of the molecule is CN(Cc1ccccc1N1CCOCC1)S(=O)(=O)c1ccnn1C. The van der Waals surface area contributed by atoms with Gasteiger partial charge in [-0.15, -0.1) is 0 Å². The number of aromatic nitrogens is 2. The zero-order chi connectivity index (χ0) is 17.2. The van der Waals surface area contributed by atoms with E-state index in [2.05, 4.69) is 10.00 Å². The van der Waals surface area contributed by atoms with Gasteiger partial charge < -0.3 is 9.64 Å². The van der Waals surface area contributed by atoms with Gasteiger partial charge in [0.15, 0.2) is 5.03 Å². The first-order valence-electron chi connectivity index (χ1n) is 7.85. The van der Waals surface area contributed by atoms with E-state index in [9.17, 15) is 8.42 Å². The lowest BCUT2D eigenvalue weighted by molar-refractivity contribution is 0.122. The van der Waals surface area contributed by atoms with Crippen LogP contribution in [0.3, 0.4) is 0 Å². The first-order valence-corrected chi connectivity index (χ1v) is 9.29. The number of morpholine rings is 1. The molecule has 1 saturated heterocycles. The molecule has 0 amide bonds. The Morgan fingerprint density at radius 1 is 1.21 bits per heavy atom. The largest absolute Gasteiger partial charge is 0.378 e. The molecule has 1 aromatic carbocycles. The molecule has 1 aliphatic rings. The van der Waals surface area contributed by atoms with Gasteiger partial charge in [0.05, 0.1) is 19.4 Å². The average molecular weight is 350 g/mol. The van der Waals surface area contributed by atoms with Crippen LogP contribution >= 0.6 is 0 Å². The number of rotatable bonds is 5. The maximum absolute atomic E-state index is 12.7. The van der Waals surface area contributed by atoms with Crippen LogP contribution in [-0.2, 0) is 28.4 Å². The second kappa shape index (κ2) is 6.92. The lowest BCUT2D eigenvalue weighted by Crippen LogP contribution is -2.37. The molecule has 0 radical (unpaired) electrons. The minimum atomic E-state index is -3.58. The third-order valence-electron chi connectivity index (χ3n) is 4.19. The molecule has 0 unspecified atom stereocenters. The minimum absolute atomic E-state index is 0.189. The van der Waals surface area contributed by atoms with Crippen molar-refractivity contribution in [1.82, 2.24) is 14.1 Å². The second-order valence-corrected chi connectivity index (χ2v) is 7.77. The molecule has 1 aromatic heterocycles. The van der Waals surface area contributed by atoms with Gasteiger partial charge in [0.25, 0.3) is 10.0 Å². The Hall–Kier alpha value is -1.90. The van der Waals surface area contributed by atoms with E-state index < -0.39 is 10.0 Å². The van der Waals surface area contributed by atoms with Crippen LogP contribution in [0.2, 0.25) is 0 Å². The Labute approximate surface area is 142 Å². The van der Waals surface area contributed by atoms with Crippen LogP contribution in [0.25, 0.3) is 0 Å². The van der Waals surface area contributed by atoms with Crippen molar-refractivity contribution in [3.63, 3.8) is 0 Å². The van der Waals surface area contributed by atoms with Gasteiger partial charge in [0, 0.05) is 39.4 Å². The van der Waals surface area contributed by atoms with Crippen molar-refractivity contribution >= 4 is 15.7 Å². The van der Waals surface area contributed by atoms with Crippen molar-refractivity contribution in [3.05, 3.63) is 42.1 Å². The summed E-state index contributed by atoms with van der Waals surface area (Å²) in [5.74, 6) is 0. The fraction of sp³-hybridized carbons (Fsp3) is 0.438. The topological polar surface area (TPSA) is 67.7 Å². The van der Waals surface area contributed by atoms with E-state index in [0.717, 1.165) is 24.3 Å². The molecule has 0 atom stereocenters. The van der Waals surface area contributed by atoms with E-state index in [-0.39, 0.29) is 5.03 Å². The molecule has 2 heterocycles. The molecule has 1 aliphatic heterocycles. The number of hydrogen-bond donors (Lipinski definition) is 0. The molecule has 0 aliphatic carbocycles. The highest BCUT2D eigenvalue weighted by Crippen LogP contribution is 2.24. The third kappa shape index (κ3) is 3.31. The van der Waals surface area contributed by atoms with Gasteiger partial charge in [0.1, 0.15) is 0 Å². The summed E-state index contributed by atoms with van der Waals surface area (Å²) in [6.45, 7) is 3.32. The van der Waals surface area contributed by atoms with Gasteiger partial charge in [0.2, 0.25) is 0 Å². The summed E-state index contributed by atoms with van der Waals surface area (Å²) in [5, 5.41) is 4.14. The maximum Gasteiger partial charge on any atom is 0.260 e. The van der Waals surface area contributed by atoms with Crippen LogP contribution in [0.15, 0.2) is 41.6 Å². The highest BCUT2D eigenvalue weighted by Gasteiger charge is 2.25. The minimum Gasteiger partial charge on any atom is -0.378 e. The number of anilines is 1. The fourth-order valence-corrected chi connectivity index (χ4v) is 4.10. The van der Waals surface area contributed by atoms with Gasteiger partial charge in [-0.1, -0.05) is 18.2 Å². The molecule has 3 rings (SSSR count). The Bertz CT molecular complexity index is 797. The number of para-hydroxylation sites is 1. The van der Waals surface area contributed by atoms with Gasteiger partial charge >= 0.3 is 0 Å². The summed E-state index contributed by atoms with van der Waals surface area (Å²) in [5.41, 5.74) is 2.04. The van der Waals surface area contributed by atoms with E-state index in [1.165, 1.54) is 21.3 Å². The zero-order valence-electron chi connectivity index (χ0n) is 13.9. The van der Waals surface area contributed by atoms with Crippen LogP contribution in [0.1, 0.15) is 5.56 Å². The predicted octanol–water partition coefficient (Wildman–Crippen LogP) is 1.08. The number of aryl methyl sites for hydroxylation is 1. The predicted molar refractivity (Wildman–Crippen MR) is 91.3 cm³/mol. The average Bonchev–Trinajstić information content (AvgIpc) is 3.03. The van der Waals surface area contributed by atoms with Gasteiger partial charge in [-0.2, -0.15) is 9.40 Å². The molecule has 0 bridgehead atoms. The Balaban J connectivity index is 1.84. The summed E-state index contributed by atoms with van der Waals surface area (Å²) in [7, 11) is -0.358. The summed E-state index contributed by atoms with van der Waals surface area (Å²) in [4.78, 5) is 2.24. The Morgan fingerprint density at radius 3 is 2.58 bits per heavy atom. The maximum atomic E-state index is 12.7. The van der Waals surface area contributed by atoms with E-state index in [4.69, 9.17) is 4.74 Å². The Kier molecular flexibility index (Phi) is 4.88. The Morgan fingerprint density at radius 2 is 1.92 bits per heavy atom. The van der Waals surface area contributed by atoms with E-state index in [1.807, 2.05) is 24.3 Å². The molecule has 24 heavy (non-hydrogen) atoms. The molecular weight excluding hydrogens is 328 g/mol. The second-order valence-electron chi connectivity index (χ2n) is 5.78. The standard InChI is InChI=1S/C16H22N4O3S/c1-18(24(21,22)16-7-8-17-19(16)2)13-14-5-3-4-6-15(14)20-9-11-23-12-10-20/h3-8H,9-13H2,1-2H3. The molecular formula is C16H22N4O3S. The summed E-state index contributed by atoms with van der Waals surface area (Å²) in [6, 6.07) is 9.43. The molecule has 2 aromatic rings. The molecule has 0 saturated carbocycles. The van der Waals surface area contributed by atoms with Gasteiger partial charge in [-0.25, -0.2) is 8.42 Å². The molecule has 0 spiro atoms. The first-order chi connectivity index (χ1) is 11.5. The van der Waals surface area contributed by atoms with E-state index in [1.54, 1.807) is 14.1 Å². The normalized spacial score (nSPS) is 15.9. The zero-order valence-corrected chi connectivity index (χ0v) is 14.7. The van der Waals surface area contributed by atoms with Crippen LogP contribution in [0, 0.1) is 0 Å². The molecule has 7 nitrogen and oxygen atoms in total. The number of ether oxygens (including phenoxy) is 1. The third-order valence-corrected chi connectivity index (χ3v) is 6.07. The number of nitrogens with zero attached hydrogens (tertiary/aromatic N) is 4. The summed E-state index contributed by atoms with van der Waals surface area (Å²) < 4.78 is 33.6. The van der Waals surface area contributed by atoms with E-state index >= 15 is 0 Å². The highest BCUT2D eigenvalue weighted by atomic mass is 32.2. The number of benzene rings is 1. The molecule has 1 fully saturated rings. The van der Waals surface area contributed by atoms with Crippen LogP contribution in [0.5, 0.6) is 0 Å². The van der Waals surface area contributed by atoms with Crippen molar-refractivity contribution in [1.29, 1.82) is 0 Å². The number of hydrogen-bond acceptors (Lipinski definition) is 5. The summed E-state index contributed by atoms with van der Waals surface area (Å²) in [6.07, 6.45) is 1.49. The first kappa shape index (κ1) is 16.9. The molecule has 8 heteroatoms. The van der Waals surface area contributed by atoms with Crippen LogP contribution < -0.4 is 4.90 Å². The lowest BCUT2D eigenvalue weighted by atomic mass is 10.1. The van der Waals surface area contributed by atoms with Crippen LogP contribution in [-0.4, -0.2) is 55.9 Å². The van der Waals surface area contributed by atoms with Crippen molar-refractivity contribution in [2.75, 3.05) is 38.3 Å². The van der Waals surface area contributed by atoms with Crippen molar-refractivity contribution < 1.29 is 13.2 Å². The van der Waals surface area contributed by atoms with Crippen molar-refractivity contribution in [2.24, 2.45) is 7.05 Å².